The second-order valence-corrected chi connectivity index (χ2v) is 7.27. The van der Waals surface area contributed by atoms with Crippen molar-refractivity contribution in [2.24, 2.45) is 10.7 Å². The summed E-state index contributed by atoms with van der Waals surface area (Å²) in [7, 11) is 2.06. The van der Waals surface area contributed by atoms with Crippen LogP contribution in [0.25, 0.3) is 0 Å². The van der Waals surface area contributed by atoms with Gasteiger partial charge in [-0.25, -0.2) is 0 Å². The van der Waals surface area contributed by atoms with Gasteiger partial charge in [0.25, 0.3) is 0 Å². The van der Waals surface area contributed by atoms with Crippen LogP contribution in [0.1, 0.15) is 37.8 Å². The number of fused-ring (bicyclic) bond motifs is 1. The summed E-state index contributed by atoms with van der Waals surface area (Å²) < 4.78 is 0. The number of benzene rings is 1. The fraction of sp³-hybridized carbons (Fsp3) is 0.611. The minimum atomic E-state index is 0. The number of hydrogen-bond donors (Lipinski definition) is 1. The Labute approximate surface area is 157 Å². The molecule has 1 aromatic rings. The maximum atomic E-state index is 6.13. The Bertz CT molecular complexity index is 566. The fourth-order valence-electron chi connectivity index (χ4n) is 3.15. The lowest BCUT2D eigenvalue weighted by Gasteiger charge is -2.41. The maximum absolute atomic E-state index is 6.13. The summed E-state index contributed by atoms with van der Waals surface area (Å²) in [5.74, 6) is 0.688. The number of hydrogen-bond acceptors (Lipinski definition) is 2. The fourth-order valence-corrected chi connectivity index (χ4v) is 3.15. The highest BCUT2D eigenvalue weighted by Crippen LogP contribution is 2.27. The van der Waals surface area contributed by atoms with E-state index < -0.39 is 0 Å². The average molecular weight is 428 g/mol. The summed E-state index contributed by atoms with van der Waals surface area (Å²) in [4.78, 5) is 9.32. The SMILES string of the molecule is CN(C(N)=NCC(C)(C)N1CCc2ccccc2C1)C1CC1.I. The molecule has 1 heterocycles. The molecule has 128 valence electrons. The van der Waals surface area contributed by atoms with Gasteiger partial charge in [0.05, 0.1) is 6.54 Å². The van der Waals surface area contributed by atoms with Crippen LogP contribution in [0.4, 0.5) is 0 Å². The first-order chi connectivity index (χ1) is 10.5. The van der Waals surface area contributed by atoms with Gasteiger partial charge in [0, 0.05) is 31.7 Å². The zero-order chi connectivity index (χ0) is 15.7. The Kier molecular flexibility index (Phi) is 5.94. The standard InChI is InChI=1S/C18H28N4.HI/c1-18(2,13-20-17(19)21(3)16-8-9-16)22-11-10-14-6-4-5-7-15(14)12-22;/h4-7,16H,8-13H2,1-3H3,(H2,19,20);1H. The summed E-state index contributed by atoms with van der Waals surface area (Å²) >= 11 is 0. The molecule has 0 atom stereocenters. The zero-order valence-corrected chi connectivity index (χ0v) is 16.8. The molecule has 0 aromatic heterocycles. The molecule has 1 saturated carbocycles. The summed E-state index contributed by atoms with van der Waals surface area (Å²) in [5.41, 5.74) is 9.10. The van der Waals surface area contributed by atoms with Gasteiger partial charge in [0.2, 0.25) is 0 Å². The summed E-state index contributed by atoms with van der Waals surface area (Å²) in [5, 5.41) is 0. The highest BCUT2D eigenvalue weighted by Gasteiger charge is 2.31. The van der Waals surface area contributed by atoms with Gasteiger partial charge in [-0.05, 0) is 44.2 Å². The van der Waals surface area contributed by atoms with E-state index in [1.54, 1.807) is 0 Å². The van der Waals surface area contributed by atoms with Crippen LogP contribution >= 0.6 is 24.0 Å². The number of nitrogens with zero attached hydrogens (tertiary/aromatic N) is 3. The molecule has 5 heteroatoms. The number of nitrogens with two attached hydrogens (primary N) is 1. The molecule has 23 heavy (non-hydrogen) atoms. The lowest BCUT2D eigenvalue weighted by atomic mass is 9.94. The van der Waals surface area contributed by atoms with Crippen LogP contribution in [0.2, 0.25) is 0 Å². The first-order valence-corrected chi connectivity index (χ1v) is 8.32. The Morgan fingerprint density at radius 2 is 1.96 bits per heavy atom. The van der Waals surface area contributed by atoms with Crippen molar-refractivity contribution in [2.75, 3.05) is 20.1 Å². The minimum absolute atomic E-state index is 0. The number of halogens is 1. The van der Waals surface area contributed by atoms with Crippen LogP contribution < -0.4 is 5.73 Å². The third kappa shape index (κ3) is 4.38. The normalized spacial score (nSPS) is 19.0. The van der Waals surface area contributed by atoms with Crippen molar-refractivity contribution in [3.63, 3.8) is 0 Å². The van der Waals surface area contributed by atoms with E-state index in [0.717, 1.165) is 26.1 Å². The second-order valence-electron chi connectivity index (χ2n) is 7.27. The molecule has 0 spiro atoms. The van der Waals surface area contributed by atoms with Gasteiger partial charge in [-0.15, -0.1) is 24.0 Å². The van der Waals surface area contributed by atoms with Gasteiger partial charge in [0.1, 0.15) is 0 Å². The molecule has 3 rings (SSSR count). The average Bonchev–Trinajstić information content (AvgIpc) is 3.36. The number of aliphatic imine (C=N–C) groups is 1. The molecular formula is C18H29IN4. The smallest absolute Gasteiger partial charge is 0.191 e. The predicted molar refractivity (Wildman–Crippen MR) is 107 cm³/mol. The second kappa shape index (κ2) is 7.38. The summed E-state index contributed by atoms with van der Waals surface area (Å²) in [6.45, 7) is 7.40. The summed E-state index contributed by atoms with van der Waals surface area (Å²) in [6, 6.07) is 9.39. The molecule has 0 amide bonds. The molecule has 1 aromatic carbocycles. The topological polar surface area (TPSA) is 44.9 Å². The van der Waals surface area contributed by atoms with Crippen molar-refractivity contribution >= 4 is 29.9 Å². The first kappa shape index (κ1) is 18.5. The van der Waals surface area contributed by atoms with E-state index in [1.165, 1.54) is 24.0 Å². The van der Waals surface area contributed by atoms with E-state index in [4.69, 9.17) is 5.73 Å². The molecule has 1 aliphatic carbocycles. The number of rotatable bonds is 4. The van der Waals surface area contributed by atoms with Crippen molar-refractivity contribution < 1.29 is 0 Å². The van der Waals surface area contributed by atoms with Gasteiger partial charge in [-0.3, -0.25) is 9.89 Å². The quantitative estimate of drug-likeness (QED) is 0.456. The molecule has 0 unspecified atom stereocenters. The molecule has 2 N–H and O–H groups in total. The molecular weight excluding hydrogens is 399 g/mol. The van der Waals surface area contributed by atoms with E-state index in [9.17, 15) is 0 Å². The van der Waals surface area contributed by atoms with Gasteiger partial charge in [-0.2, -0.15) is 0 Å². The monoisotopic (exact) mass is 428 g/mol. The Morgan fingerprint density at radius 3 is 2.61 bits per heavy atom. The largest absolute Gasteiger partial charge is 0.370 e. The molecule has 0 saturated heterocycles. The lowest BCUT2D eigenvalue weighted by Crippen LogP contribution is -2.49. The molecule has 2 aliphatic rings. The highest BCUT2D eigenvalue weighted by atomic mass is 127. The van der Waals surface area contributed by atoms with Crippen LogP contribution in [-0.2, 0) is 13.0 Å². The first-order valence-electron chi connectivity index (χ1n) is 8.32. The lowest BCUT2D eigenvalue weighted by molar-refractivity contribution is 0.111. The van der Waals surface area contributed by atoms with Crippen LogP contribution in [-0.4, -0.2) is 47.5 Å². The van der Waals surface area contributed by atoms with E-state index in [-0.39, 0.29) is 29.5 Å². The molecule has 1 fully saturated rings. The molecule has 0 bridgehead atoms. The molecule has 1 aliphatic heterocycles. The van der Waals surface area contributed by atoms with Gasteiger partial charge in [-0.1, -0.05) is 24.3 Å². The third-order valence-electron chi connectivity index (χ3n) is 5.07. The van der Waals surface area contributed by atoms with E-state index >= 15 is 0 Å². The van der Waals surface area contributed by atoms with Gasteiger partial charge >= 0.3 is 0 Å². The molecule has 4 nitrogen and oxygen atoms in total. The Balaban J connectivity index is 0.00000192. The Morgan fingerprint density at radius 1 is 1.30 bits per heavy atom. The van der Waals surface area contributed by atoms with E-state index in [1.807, 2.05) is 0 Å². The van der Waals surface area contributed by atoms with Gasteiger partial charge < -0.3 is 10.6 Å². The Hall–Kier alpha value is -0.820. The van der Waals surface area contributed by atoms with E-state index in [2.05, 4.69) is 60.0 Å². The van der Waals surface area contributed by atoms with Crippen molar-refractivity contribution in [3.05, 3.63) is 35.4 Å². The highest BCUT2D eigenvalue weighted by molar-refractivity contribution is 14.0. The van der Waals surface area contributed by atoms with Crippen LogP contribution in [0.15, 0.2) is 29.3 Å². The zero-order valence-electron chi connectivity index (χ0n) is 14.5. The van der Waals surface area contributed by atoms with E-state index in [0.29, 0.717) is 12.0 Å². The molecule has 0 radical (unpaired) electrons. The maximum Gasteiger partial charge on any atom is 0.191 e. The van der Waals surface area contributed by atoms with Crippen molar-refractivity contribution in [1.29, 1.82) is 0 Å². The van der Waals surface area contributed by atoms with Crippen molar-refractivity contribution in [3.8, 4) is 0 Å². The number of guanidine groups is 1. The third-order valence-corrected chi connectivity index (χ3v) is 5.07. The minimum Gasteiger partial charge on any atom is -0.370 e. The van der Waals surface area contributed by atoms with Crippen molar-refractivity contribution in [1.82, 2.24) is 9.80 Å². The van der Waals surface area contributed by atoms with Crippen LogP contribution in [0.3, 0.4) is 0 Å². The summed E-state index contributed by atoms with van der Waals surface area (Å²) in [6.07, 6.45) is 3.62. The van der Waals surface area contributed by atoms with Crippen LogP contribution in [0.5, 0.6) is 0 Å². The van der Waals surface area contributed by atoms with Crippen molar-refractivity contribution in [2.45, 2.75) is 51.2 Å². The van der Waals surface area contributed by atoms with Gasteiger partial charge in [0.15, 0.2) is 5.96 Å². The predicted octanol–water partition coefficient (Wildman–Crippen LogP) is 2.85. The van der Waals surface area contributed by atoms with Crippen LogP contribution in [0, 0.1) is 0 Å².